The van der Waals surface area contributed by atoms with Gasteiger partial charge < -0.3 is 9.64 Å². The number of carbonyl (C=O) groups excluding carboxylic acids is 1. The van der Waals surface area contributed by atoms with Crippen LogP contribution in [0.1, 0.15) is 27.9 Å². The molecular formula is C21H28ClNO5S. The third kappa shape index (κ3) is 7.78. The summed E-state index contributed by atoms with van der Waals surface area (Å²) >= 11 is 0. The van der Waals surface area contributed by atoms with Gasteiger partial charge in [-0.05, 0) is 64.3 Å². The highest BCUT2D eigenvalue weighted by Gasteiger charge is 2.19. The molecule has 0 saturated heterocycles. The summed E-state index contributed by atoms with van der Waals surface area (Å²) in [5.41, 5.74) is 2.38. The van der Waals surface area contributed by atoms with E-state index < -0.39 is 10.1 Å². The molecule has 29 heavy (non-hydrogen) atoms. The zero-order chi connectivity index (χ0) is 20.7. The van der Waals surface area contributed by atoms with Crippen LogP contribution in [0.3, 0.4) is 0 Å². The molecule has 6 nitrogen and oxygen atoms in total. The number of carbonyl (C=O) groups is 1. The second-order valence-electron chi connectivity index (χ2n) is 7.03. The van der Waals surface area contributed by atoms with Crippen LogP contribution in [0, 0.1) is 6.92 Å². The Kier molecular flexibility index (Phi) is 9.79. The molecule has 0 aromatic heterocycles. The van der Waals surface area contributed by atoms with Crippen molar-refractivity contribution in [3.05, 3.63) is 59.2 Å². The Labute approximate surface area is 179 Å². The first-order chi connectivity index (χ1) is 13.2. The normalized spacial score (nSPS) is 12.9. The number of fused-ring (bicyclic) bond motifs is 1. The standard InChI is InChI=1S/C18H18O5S.C3H9N.ClH/c1-13-2-5-15(6-3-13)24(20,21)23-11-8-14-4-7-18-16(12-14)17(19)9-10-22-18;1-4(2)3;/h2-7,12H,8-11H2,1H3;1-3H3;1H. The fourth-order valence-corrected chi connectivity index (χ4v) is 3.42. The fraction of sp³-hybridized carbons (Fsp3) is 0.381. The summed E-state index contributed by atoms with van der Waals surface area (Å²) in [4.78, 5) is 14.0. The second-order valence-corrected chi connectivity index (χ2v) is 8.65. The van der Waals surface area contributed by atoms with Gasteiger partial charge in [0.05, 0.1) is 23.7 Å². The van der Waals surface area contributed by atoms with Crippen LogP contribution in [-0.2, 0) is 20.7 Å². The summed E-state index contributed by atoms with van der Waals surface area (Å²) in [6.45, 7) is 2.31. The predicted molar refractivity (Wildman–Crippen MR) is 116 cm³/mol. The van der Waals surface area contributed by atoms with Gasteiger partial charge in [-0.3, -0.25) is 8.98 Å². The van der Waals surface area contributed by atoms with Crippen molar-refractivity contribution in [3.8, 4) is 5.75 Å². The fourth-order valence-electron chi connectivity index (χ4n) is 2.51. The first-order valence-corrected chi connectivity index (χ1v) is 10.5. The molecule has 1 heterocycles. The lowest BCUT2D eigenvalue weighted by atomic mass is 10.0. The third-order valence-corrected chi connectivity index (χ3v) is 5.20. The Morgan fingerprint density at radius 1 is 1.07 bits per heavy atom. The van der Waals surface area contributed by atoms with Crippen molar-refractivity contribution in [2.45, 2.75) is 24.7 Å². The molecule has 2 aromatic rings. The van der Waals surface area contributed by atoms with Gasteiger partial charge >= 0.3 is 0 Å². The lowest BCUT2D eigenvalue weighted by molar-refractivity contribution is 0.0933. The first kappa shape index (κ1) is 25.1. The van der Waals surface area contributed by atoms with Crippen LogP contribution in [0.4, 0.5) is 0 Å². The lowest BCUT2D eigenvalue weighted by Gasteiger charge is -2.16. The average molecular weight is 442 g/mol. The van der Waals surface area contributed by atoms with E-state index in [0.29, 0.717) is 30.8 Å². The molecule has 0 saturated carbocycles. The summed E-state index contributed by atoms with van der Waals surface area (Å²) in [5, 5.41) is 0. The number of benzene rings is 2. The number of rotatable bonds is 5. The van der Waals surface area contributed by atoms with Crippen LogP contribution in [0.5, 0.6) is 5.75 Å². The van der Waals surface area contributed by atoms with Crippen LogP contribution in [0.2, 0.25) is 0 Å². The number of nitrogens with zero attached hydrogens (tertiary/aromatic N) is 1. The predicted octanol–water partition coefficient (Wildman–Crippen LogP) is 3.51. The van der Waals surface area contributed by atoms with E-state index in [-0.39, 0.29) is 29.7 Å². The largest absolute Gasteiger partial charge is 0.492 e. The summed E-state index contributed by atoms with van der Waals surface area (Å²) in [6.07, 6.45) is 0.764. The Balaban J connectivity index is 0.000000771. The Hall–Kier alpha value is -1.93. The molecule has 2 aromatic carbocycles. The minimum Gasteiger partial charge on any atom is -0.492 e. The molecule has 1 aliphatic heterocycles. The summed E-state index contributed by atoms with van der Waals surface area (Å²) in [7, 11) is 2.23. The number of halogens is 1. The number of hydrogen-bond donors (Lipinski definition) is 0. The molecular weight excluding hydrogens is 414 g/mol. The van der Waals surface area contributed by atoms with Gasteiger partial charge in [0.15, 0.2) is 5.78 Å². The highest BCUT2D eigenvalue weighted by atomic mass is 35.5. The highest BCUT2D eigenvalue weighted by Crippen LogP contribution is 2.26. The monoisotopic (exact) mass is 441 g/mol. The molecule has 0 atom stereocenters. The molecule has 0 unspecified atom stereocenters. The molecule has 0 amide bonds. The van der Waals surface area contributed by atoms with Crippen molar-refractivity contribution < 1.29 is 22.1 Å². The number of aryl methyl sites for hydroxylation is 1. The minimum atomic E-state index is -3.77. The van der Waals surface area contributed by atoms with Gasteiger partial charge in [0.2, 0.25) is 0 Å². The van der Waals surface area contributed by atoms with Gasteiger partial charge in [-0.25, -0.2) is 0 Å². The number of hydrogen-bond acceptors (Lipinski definition) is 6. The van der Waals surface area contributed by atoms with E-state index in [1.54, 1.807) is 24.3 Å². The average Bonchev–Trinajstić information content (AvgIpc) is 2.62. The SMILES string of the molecule is CN(C)C.Cc1ccc(S(=O)(=O)OCCc2ccc3c(c2)C(=O)CCO3)cc1.Cl. The van der Waals surface area contributed by atoms with E-state index in [1.165, 1.54) is 12.1 Å². The Bertz CT molecular complexity index is 908. The quantitative estimate of drug-likeness (QED) is 0.661. The summed E-state index contributed by atoms with van der Waals surface area (Å²) < 4.78 is 34.8. The molecule has 3 rings (SSSR count). The minimum absolute atomic E-state index is 0. The van der Waals surface area contributed by atoms with E-state index in [0.717, 1.165) is 11.1 Å². The van der Waals surface area contributed by atoms with E-state index in [1.807, 2.05) is 39.0 Å². The van der Waals surface area contributed by atoms with E-state index >= 15 is 0 Å². The topological polar surface area (TPSA) is 72.9 Å². The van der Waals surface area contributed by atoms with Crippen molar-refractivity contribution in [1.29, 1.82) is 0 Å². The van der Waals surface area contributed by atoms with Crippen molar-refractivity contribution >= 4 is 28.3 Å². The smallest absolute Gasteiger partial charge is 0.296 e. The van der Waals surface area contributed by atoms with Gasteiger partial charge in [0, 0.05) is 6.42 Å². The van der Waals surface area contributed by atoms with Gasteiger partial charge in [-0.1, -0.05) is 23.8 Å². The maximum absolute atomic E-state index is 12.1. The highest BCUT2D eigenvalue weighted by molar-refractivity contribution is 7.86. The molecule has 0 bridgehead atoms. The van der Waals surface area contributed by atoms with E-state index in [4.69, 9.17) is 8.92 Å². The maximum Gasteiger partial charge on any atom is 0.296 e. The summed E-state index contributed by atoms with van der Waals surface area (Å²) in [6, 6.07) is 11.8. The first-order valence-electron chi connectivity index (χ1n) is 9.05. The number of ketones is 1. The molecule has 0 fully saturated rings. The number of ether oxygens (including phenoxy) is 1. The van der Waals surface area contributed by atoms with Gasteiger partial charge in [0.25, 0.3) is 10.1 Å². The maximum atomic E-state index is 12.1. The van der Waals surface area contributed by atoms with Crippen LogP contribution >= 0.6 is 12.4 Å². The van der Waals surface area contributed by atoms with Gasteiger partial charge in [-0.15, -0.1) is 12.4 Å². The zero-order valence-corrected chi connectivity index (χ0v) is 18.8. The molecule has 160 valence electrons. The third-order valence-electron chi connectivity index (χ3n) is 3.87. The van der Waals surface area contributed by atoms with Crippen LogP contribution in [0.15, 0.2) is 47.4 Å². The van der Waals surface area contributed by atoms with Crippen molar-refractivity contribution in [2.24, 2.45) is 0 Å². The van der Waals surface area contributed by atoms with Gasteiger partial charge in [-0.2, -0.15) is 8.42 Å². The Morgan fingerprint density at radius 2 is 1.69 bits per heavy atom. The van der Waals surface area contributed by atoms with Crippen LogP contribution < -0.4 is 4.74 Å². The Morgan fingerprint density at radius 3 is 2.31 bits per heavy atom. The molecule has 0 spiro atoms. The summed E-state index contributed by atoms with van der Waals surface area (Å²) in [5.74, 6) is 0.634. The van der Waals surface area contributed by atoms with Crippen molar-refractivity contribution in [3.63, 3.8) is 0 Å². The van der Waals surface area contributed by atoms with Gasteiger partial charge in [0.1, 0.15) is 5.75 Å². The second kappa shape index (κ2) is 11.3. The van der Waals surface area contributed by atoms with E-state index in [2.05, 4.69) is 0 Å². The number of Topliss-reactive ketones (excluding diaryl/α,β-unsaturated/α-hetero) is 1. The lowest BCUT2D eigenvalue weighted by Crippen LogP contribution is -2.16. The molecule has 8 heteroatoms. The molecule has 0 radical (unpaired) electrons. The van der Waals surface area contributed by atoms with E-state index in [9.17, 15) is 13.2 Å². The molecule has 1 aliphatic rings. The van der Waals surface area contributed by atoms with Crippen molar-refractivity contribution in [2.75, 3.05) is 34.4 Å². The van der Waals surface area contributed by atoms with Crippen LogP contribution in [-0.4, -0.2) is 53.5 Å². The molecule has 0 N–H and O–H groups in total. The van der Waals surface area contributed by atoms with Crippen molar-refractivity contribution in [1.82, 2.24) is 4.90 Å². The van der Waals surface area contributed by atoms with Crippen LogP contribution in [0.25, 0.3) is 0 Å². The zero-order valence-electron chi connectivity index (χ0n) is 17.2. The molecule has 0 aliphatic carbocycles.